The molecule has 0 spiro atoms. The van der Waals surface area contributed by atoms with Gasteiger partial charge in [-0.3, -0.25) is 0 Å². The van der Waals surface area contributed by atoms with E-state index in [0.29, 0.717) is 26.6 Å². The molecule has 2 aliphatic rings. The van der Waals surface area contributed by atoms with Gasteiger partial charge in [0.15, 0.2) is 10.9 Å². The zero-order valence-corrected chi connectivity index (χ0v) is 22.2. The topological polar surface area (TPSA) is 79.5 Å². The van der Waals surface area contributed by atoms with Crippen LogP contribution in [0.2, 0.25) is 10.0 Å². The van der Waals surface area contributed by atoms with Crippen molar-refractivity contribution in [3.8, 4) is 11.3 Å². The molecule has 0 unspecified atom stereocenters. The number of fused-ring (bicyclic) bond motifs is 1. The number of nitrogens with zero attached hydrogens (tertiary/aromatic N) is 3. The number of aromatic carboxylic acids is 1. The molecule has 1 saturated carbocycles. The standard InChI is InChI=1S/C27H24Cl2FN3O3S/c28-18-2-1-3-19(29)22(18)23-17(25(36-32-23)15-5-6-15)7-4-14-8-10-33(11-9-14)27-31-24-20(30)12-16(26(34)35)13-21(24)37-27/h1-3,12-15H,4-11H2,(H,34,35). The van der Waals surface area contributed by atoms with Crippen molar-refractivity contribution in [2.45, 2.75) is 44.4 Å². The summed E-state index contributed by atoms with van der Waals surface area (Å²) in [5.41, 5.74) is 2.79. The molecule has 1 aliphatic heterocycles. The summed E-state index contributed by atoms with van der Waals surface area (Å²) in [7, 11) is 0. The van der Waals surface area contributed by atoms with Gasteiger partial charge in [-0.25, -0.2) is 14.2 Å². The highest BCUT2D eigenvalue weighted by Crippen LogP contribution is 2.46. The van der Waals surface area contributed by atoms with Crippen LogP contribution in [0.5, 0.6) is 0 Å². The smallest absolute Gasteiger partial charge is 0.335 e. The van der Waals surface area contributed by atoms with Crippen LogP contribution >= 0.6 is 34.5 Å². The third-order valence-electron chi connectivity index (χ3n) is 7.34. The van der Waals surface area contributed by atoms with Crippen molar-refractivity contribution in [2.75, 3.05) is 18.0 Å². The van der Waals surface area contributed by atoms with E-state index in [1.54, 1.807) is 0 Å². The third-order valence-corrected chi connectivity index (χ3v) is 9.03. The lowest BCUT2D eigenvalue weighted by molar-refractivity contribution is 0.0696. The van der Waals surface area contributed by atoms with Crippen LogP contribution in [0, 0.1) is 11.7 Å². The Morgan fingerprint density at radius 3 is 2.57 bits per heavy atom. The predicted octanol–water partition coefficient (Wildman–Crippen LogP) is 7.82. The van der Waals surface area contributed by atoms with E-state index in [4.69, 9.17) is 27.7 Å². The van der Waals surface area contributed by atoms with Crippen molar-refractivity contribution >= 4 is 55.9 Å². The first kappa shape index (κ1) is 24.6. The van der Waals surface area contributed by atoms with Crippen LogP contribution in [0.3, 0.4) is 0 Å². The maximum absolute atomic E-state index is 14.4. The number of anilines is 1. The van der Waals surface area contributed by atoms with Crippen molar-refractivity contribution < 1.29 is 18.8 Å². The van der Waals surface area contributed by atoms with Gasteiger partial charge in [-0.05, 0) is 68.7 Å². The van der Waals surface area contributed by atoms with Crippen LogP contribution in [0.1, 0.15) is 59.7 Å². The minimum Gasteiger partial charge on any atom is -0.478 e. The molecule has 6 rings (SSSR count). The quantitative estimate of drug-likeness (QED) is 0.248. The average molecular weight is 560 g/mol. The molecule has 2 aromatic carbocycles. The van der Waals surface area contributed by atoms with Gasteiger partial charge in [0, 0.05) is 30.1 Å². The largest absolute Gasteiger partial charge is 0.478 e. The molecule has 3 heterocycles. The Hall–Kier alpha value is -2.68. The number of rotatable bonds is 7. The van der Waals surface area contributed by atoms with Gasteiger partial charge in [0.25, 0.3) is 0 Å². The second-order valence-electron chi connectivity index (χ2n) is 9.82. The Morgan fingerprint density at radius 2 is 1.89 bits per heavy atom. The zero-order valence-electron chi connectivity index (χ0n) is 19.8. The third kappa shape index (κ3) is 4.82. The number of carboxylic acids is 1. The molecule has 0 bridgehead atoms. The lowest BCUT2D eigenvalue weighted by Crippen LogP contribution is -2.33. The van der Waals surface area contributed by atoms with Gasteiger partial charge in [0.05, 0.1) is 20.3 Å². The molecule has 6 nitrogen and oxygen atoms in total. The minimum absolute atomic E-state index is 0.0596. The molecular formula is C27H24Cl2FN3O3S. The maximum Gasteiger partial charge on any atom is 0.335 e. The number of hydrogen-bond donors (Lipinski definition) is 1. The summed E-state index contributed by atoms with van der Waals surface area (Å²) in [5.74, 6) is 0.190. The van der Waals surface area contributed by atoms with Gasteiger partial charge < -0.3 is 14.5 Å². The normalized spacial score (nSPS) is 16.6. The summed E-state index contributed by atoms with van der Waals surface area (Å²) >= 11 is 14.3. The van der Waals surface area contributed by atoms with E-state index in [1.165, 1.54) is 17.4 Å². The van der Waals surface area contributed by atoms with E-state index in [2.05, 4.69) is 15.0 Å². The molecule has 0 atom stereocenters. The summed E-state index contributed by atoms with van der Waals surface area (Å²) < 4.78 is 20.8. The number of benzene rings is 2. The summed E-state index contributed by atoms with van der Waals surface area (Å²) in [4.78, 5) is 17.9. The Morgan fingerprint density at radius 1 is 1.16 bits per heavy atom. The number of hydrogen-bond acceptors (Lipinski definition) is 6. The van der Waals surface area contributed by atoms with Crippen LogP contribution in [0.15, 0.2) is 34.9 Å². The molecule has 37 heavy (non-hydrogen) atoms. The van der Waals surface area contributed by atoms with E-state index in [-0.39, 0.29) is 11.1 Å². The molecule has 0 radical (unpaired) electrons. The van der Waals surface area contributed by atoms with Gasteiger partial charge in [0.2, 0.25) is 0 Å². The highest BCUT2D eigenvalue weighted by atomic mass is 35.5. The summed E-state index contributed by atoms with van der Waals surface area (Å²) in [6, 6.07) is 8.00. The molecule has 192 valence electrons. The molecular weight excluding hydrogens is 536 g/mol. The number of piperidine rings is 1. The minimum atomic E-state index is -1.14. The van der Waals surface area contributed by atoms with Crippen LogP contribution < -0.4 is 4.90 Å². The van der Waals surface area contributed by atoms with E-state index in [1.807, 2.05) is 18.2 Å². The highest BCUT2D eigenvalue weighted by molar-refractivity contribution is 7.22. The molecule has 10 heteroatoms. The van der Waals surface area contributed by atoms with Crippen LogP contribution in [-0.4, -0.2) is 34.3 Å². The molecule has 1 N–H and O–H groups in total. The van der Waals surface area contributed by atoms with Crippen LogP contribution in [0.25, 0.3) is 21.5 Å². The number of thiazole rings is 1. The SMILES string of the molecule is O=C(O)c1cc(F)c2nc(N3CCC(CCc4c(-c5c(Cl)cccc5Cl)noc4C4CC4)CC3)sc2c1. The fraction of sp³-hybridized carbons (Fsp3) is 0.370. The fourth-order valence-electron chi connectivity index (χ4n) is 5.15. The molecule has 2 aromatic heterocycles. The summed E-state index contributed by atoms with van der Waals surface area (Å²) in [6.45, 7) is 1.64. The maximum atomic E-state index is 14.4. The van der Waals surface area contributed by atoms with E-state index < -0.39 is 11.8 Å². The summed E-state index contributed by atoms with van der Waals surface area (Å²) in [5, 5.41) is 15.5. The Kier molecular flexibility index (Phi) is 6.59. The van der Waals surface area contributed by atoms with Crippen molar-refractivity contribution in [3.05, 3.63) is 63.1 Å². The second-order valence-corrected chi connectivity index (χ2v) is 11.6. The van der Waals surface area contributed by atoms with E-state index >= 15 is 0 Å². The summed E-state index contributed by atoms with van der Waals surface area (Å²) in [6.07, 6.45) is 6.07. The lowest BCUT2D eigenvalue weighted by atomic mass is 9.89. The monoisotopic (exact) mass is 559 g/mol. The Balaban J connectivity index is 1.15. The molecule has 1 aliphatic carbocycles. The zero-order chi connectivity index (χ0) is 25.7. The average Bonchev–Trinajstić information content (AvgIpc) is 3.49. The van der Waals surface area contributed by atoms with Crippen molar-refractivity contribution in [2.24, 2.45) is 5.92 Å². The Labute approximate surface area is 227 Å². The van der Waals surface area contributed by atoms with Crippen molar-refractivity contribution in [1.82, 2.24) is 10.1 Å². The van der Waals surface area contributed by atoms with Gasteiger partial charge >= 0.3 is 5.97 Å². The number of carboxylic acid groups (broad SMARTS) is 1. The molecule has 0 amide bonds. The number of carbonyl (C=O) groups is 1. The first-order valence-corrected chi connectivity index (χ1v) is 14.0. The predicted molar refractivity (Wildman–Crippen MR) is 144 cm³/mol. The first-order chi connectivity index (χ1) is 17.9. The number of aromatic nitrogens is 2. The molecule has 1 saturated heterocycles. The van der Waals surface area contributed by atoms with Crippen LogP contribution in [0.4, 0.5) is 9.52 Å². The lowest BCUT2D eigenvalue weighted by Gasteiger charge is -2.31. The fourth-order valence-corrected chi connectivity index (χ4v) is 6.79. The van der Waals surface area contributed by atoms with Gasteiger partial charge in [-0.1, -0.05) is 45.8 Å². The molecule has 4 aromatic rings. The first-order valence-electron chi connectivity index (χ1n) is 12.4. The number of halogens is 3. The second kappa shape index (κ2) is 9.89. The van der Waals surface area contributed by atoms with Gasteiger partial charge in [-0.2, -0.15) is 0 Å². The Bertz CT molecular complexity index is 1470. The van der Waals surface area contributed by atoms with E-state index in [9.17, 15) is 14.3 Å². The van der Waals surface area contributed by atoms with Gasteiger partial charge in [0.1, 0.15) is 17.0 Å². The molecule has 2 fully saturated rings. The van der Waals surface area contributed by atoms with Crippen LogP contribution in [-0.2, 0) is 6.42 Å². The highest BCUT2D eigenvalue weighted by Gasteiger charge is 2.34. The van der Waals surface area contributed by atoms with Gasteiger partial charge in [-0.15, -0.1) is 0 Å². The van der Waals surface area contributed by atoms with E-state index in [0.717, 1.165) is 85.4 Å². The van der Waals surface area contributed by atoms with Crippen molar-refractivity contribution in [1.29, 1.82) is 0 Å². The van der Waals surface area contributed by atoms with Crippen molar-refractivity contribution in [3.63, 3.8) is 0 Å².